The van der Waals surface area contributed by atoms with Crippen LogP contribution < -0.4 is 5.32 Å². The lowest BCUT2D eigenvalue weighted by Crippen LogP contribution is -2.31. The molecule has 1 N–H and O–H groups in total. The lowest BCUT2D eigenvalue weighted by atomic mass is 9.97. The van der Waals surface area contributed by atoms with Crippen molar-refractivity contribution < 1.29 is 0 Å². The Morgan fingerprint density at radius 2 is 1.55 bits per heavy atom. The first-order valence-corrected chi connectivity index (χ1v) is 8.46. The maximum absolute atomic E-state index is 3.66. The molecule has 20 heavy (non-hydrogen) atoms. The van der Waals surface area contributed by atoms with Gasteiger partial charge in [-0.15, -0.1) is 0 Å². The van der Waals surface area contributed by atoms with Gasteiger partial charge in [-0.2, -0.15) is 0 Å². The Kier molecular flexibility index (Phi) is 8.60. The summed E-state index contributed by atoms with van der Waals surface area (Å²) >= 11 is 0. The third-order valence-electron chi connectivity index (χ3n) is 3.91. The van der Waals surface area contributed by atoms with Crippen molar-refractivity contribution in [3.05, 3.63) is 34.9 Å². The summed E-state index contributed by atoms with van der Waals surface area (Å²) in [5, 5.41) is 3.66. The summed E-state index contributed by atoms with van der Waals surface area (Å²) in [7, 11) is 0. The van der Waals surface area contributed by atoms with E-state index >= 15 is 0 Å². The van der Waals surface area contributed by atoms with Gasteiger partial charge in [0.25, 0.3) is 0 Å². The van der Waals surface area contributed by atoms with Crippen LogP contribution >= 0.6 is 0 Å². The highest BCUT2D eigenvalue weighted by Crippen LogP contribution is 2.14. The van der Waals surface area contributed by atoms with Crippen LogP contribution in [0.15, 0.2) is 18.2 Å². The molecule has 1 nitrogen and oxygen atoms in total. The molecule has 1 rings (SSSR count). The minimum absolute atomic E-state index is 0.642. The number of rotatable bonds is 10. The van der Waals surface area contributed by atoms with Crippen LogP contribution in [0.3, 0.4) is 0 Å². The van der Waals surface area contributed by atoms with Gasteiger partial charge in [0, 0.05) is 6.04 Å². The minimum atomic E-state index is 0.642. The predicted octanol–water partition coefficient (Wildman–Crippen LogP) is 5.18. The van der Waals surface area contributed by atoms with Crippen LogP contribution in [0.1, 0.15) is 69.1 Å². The van der Waals surface area contributed by atoms with E-state index in [2.05, 4.69) is 51.2 Å². The van der Waals surface area contributed by atoms with Gasteiger partial charge in [0.15, 0.2) is 0 Å². The number of benzene rings is 1. The molecule has 0 aromatic heterocycles. The molecule has 1 unspecified atom stereocenters. The summed E-state index contributed by atoms with van der Waals surface area (Å²) in [5.41, 5.74) is 4.26. The molecule has 0 aliphatic rings. The maximum Gasteiger partial charge on any atom is 0.0107 e. The fourth-order valence-corrected chi connectivity index (χ4v) is 3.03. The number of hydrogen-bond donors (Lipinski definition) is 1. The molecule has 1 atom stereocenters. The van der Waals surface area contributed by atoms with Crippen LogP contribution in [-0.2, 0) is 6.42 Å². The Morgan fingerprint density at radius 1 is 0.900 bits per heavy atom. The van der Waals surface area contributed by atoms with Gasteiger partial charge in [0.05, 0.1) is 0 Å². The monoisotopic (exact) mass is 275 g/mol. The molecule has 0 heterocycles. The SMILES string of the molecule is CCCCCCCC(Cc1cc(C)cc(C)c1)NCC. The van der Waals surface area contributed by atoms with Crippen molar-refractivity contribution in [2.24, 2.45) is 0 Å². The largest absolute Gasteiger partial charge is 0.314 e. The van der Waals surface area contributed by atoms with Gasteiger partial charge in [-0.1, -0.05) is 75.3 Å². The lowest BCUT2D eigenvalue weighted by Gasteiger charge is -2.18. The average molecular weight is 275 g/mol. The van der Waals surface area contributed by atoms with E-state index in [9.17, 15) is 0 Å². The zero-order chi connectivity index (χ0) is 14.8. The standard InChI is InChI=1S/C19H33N/c1-5-7-8-9-10-11-19(20-6-2)15-18-13-16(3)12-17(4)14-18/h12-14,19-20H,5-11,15H2,1-4H3. The Hall–Kier alpha value is -0.820. The predicted molar refractivity (Wildman–Crippen MR) is 90.5 cm³/mol. The van der Waals surface area contributed by atoms with E-state index in [-0.39, 0.29) is 0 Å². The Morgan fingerprint density at radius 3 is 2.15 bits per heavy atom. The van der Waals surface area contributed by atoms with E-state index in [0.29, 0.717) is 6.04 Å². The fraction of sp³-hybridized carbons (Fsp3) is 0.684. The molecule has 1 aromatic rings. The first kappa shape index (κ1) is 17.2. The van der Waals surface area contributed by atoms with Gasteiger partial charge in [-0.25, -0.2) is 0 Å². The first-order valence-electron chi connectivity index (χ1n) is 8.46. The second-order valence-electron chi connectivity index (χ2n) is 6.16. The lowest BCUT2D eigenvalue weighted by molar-refractivity contribution is 0.461. The zero-order valence-corrected chi connectivity index (χ0v) is 14.0. The molecule has 0 bridgehead atoms. The summed E-state index contributed by atoms with van der Waals surface area (Å²) in [6.07, 6.45) is 9.36. The highest BCUT2D eigenvalue weighted by atomic mass is 14.9. The number of nitrogens with one attached hydrogen (secondary N) is 1. The van der Waals surface area contributed by atoms with Crippen molar-refractivity contribution in [1.82, 2.24) is 5.32 Å². The third kappa shape index (κ3) is 7.09. The highest BCUT2D eigenvalue weighted by Gasteiger charge is 2.08. The topological polar surface area (TPSA) is 12.0 Å². The minimum Gasteiger partial charge on any atom is -0.314 e. The molecule has 0 aliphatic carbocycles. The number of unbranched alkanes of at least 4 members (excludes halogenated alkanes) is 4. The van der Waals surface area contributed by atoms with E-state index in [4.69, 9.17) is 0 Å². The highest BCUT2D eigenvalue weighted by molar-refractivity contribution is 5.29. The molecule has 114 valence electrons. The van der Waals surface area contributed by atoms with Gasteiger partial charge in [0.1, 0.15) is 0 Å². The summed E-state index contributed by atoms with van der Waals surface area (Å²) in [4.78, 5) is 0. The quantitative estimate of drug-likeness (QED) is 0.580. The fourth-order valence-electron chi connectivity index (χ4n) is 3.03. The van der Waals surface area contributed by atoms with Gasteiger partial charge < -0.3 is 5.32 Å². The molecule has 0 aliphatic heterocycles. The Labute approximate surface area is 126 Å². The van der Waals surface area contributed by atoms with Crippen molar-refractivity contribution in [1.29, 1.82) is 0 Å². The normalized spacial score (nSPS) is 12.6. The van der Waals surface area contributed by atoms with Crippen molar-refractivity contribution >= 4 is 0 Å². The van der Waals surface area contributed by atoms with Crippen molar-refractivity contribution in [2.75, 3.05) is 6.54 Å². The van der Waals surface area contributed by atoms with Crippen LogP contribution in [0.25, 0.3) is 0 Å². The zero-order valence-electron chi connectivity index (χ0n) is 14.0. The molecular weight excluding hydrogens is 242 g/mol. The molecule has 0 amide bonds. The molecular formula is C19H33N. The van der Waals surface area contributed by atoms with E-state index in [0.717, 1.165) is 6.54 Å². The smallest absolute Gasteiger partial charge is 0.0107 e. The van der Waals surface area contributed by atoms with E-state index in [1.165, 1.54) is 61.6 Å². The van der Waals surface area contributed by atoms with E-state index < -0.39 is 0 Å². The van der Waals surface area contributed by atoms with Crippen LogP contribution in [-0.4, -0.2) is 12.6 Å². The third-order valence-corrected chi connectivity index (χ3v) is 3.91. The summed E-state index contributed by atoms with van der Waals surface area (Å²) in [6, 6.07) is 7.59. The summed E-state index contributed by atoms with van der Waals surface area (Å²) < 4.78 is 0. The molecule has 1 aromatic carbocycles. The van der Waals surface area contributed by atoms with Gasteiger partial charge in [-0.3, -0.25) is 0 Å². The molecule has 0 fully saturated rings. The van der Waals surface area contributed by atoms with E-state index in [1.54, 1.807) is 0 Å². The van der Waals surface area contributed by atoms with E-state index in [1.807, 2.05) is 0 Å². The number of hydrogen-bond acceptors (Lipinski definition) is 1. The van der Waals surface area contributed by atoms with Gasteiger partial charge in [0.2, 0.25) is 0 Å². The van der Waals surface area contributed by atoms with Gasteiger partial charge in [-0.05, 0) is 38.8 Å². The van der Waals surface area contributed by atoms with Crippen molar-refractivity contribution in [3.63, 3.8) is 0 Å². The first-order chi connectivity index (χ1) is 9.65. The molecule has 0 spiro atoms. The van der Waals surface area contributed by atoms with Crippen molar-refractivity contribution in [2.45, 2.75) is 78.7 Å². The molecule has 0 saturated carbocycles. The molecule has 1 heteroatoms. The second-order valence-corrected chi connectivity index (χ2v) is 6.16. The number of aryl methyl sites for hydroxylation is 2. The summed E-state index contributed by atoms with van der Waals surface area (Å²) in [5.74, 6) is 0. The van der Waals surface area contributed by atoms with Crippen molar-refractivity contribution in [3.8, 4) is 0 Å². The molecule has 0 radical (unpaired) electrons. The van der Waals surface area contributed by atoms with Gasteiger partial charge >= 0.3 is 0 Å². The maximum atomic E-state index is 3.66. The van der Waals surface area contributed by atoms with Crippen LogP contribution in [0.4, 0.5) is 0 Å². The Balaban J connectivity index is 2.44. The number of likely N-dealkylation sites (N-methyl/N-ethyl adjacent to an activating group) is 1. The second kappa shape index (κ2) is 9.99. The molecule has 0 saturated heterocycles. The Bertz CT molecular complexity index is 350. The van der Waals surface area contributed by atoms with Crippen LogP contribution in [0, 0.1) is 13.8 Å². The van der Waals surface area contributed by atoms with Crippen LogP contribution in [0.2, 0.25) is 0 Å². The average Bonchev–Trinajstić information content (AvgIpc) is 2.37. The summed E-state index contributed by atoms with van der Waals surface area (Å²) in [6.45, 7) is 9.96. The van der Waals surface area contributed by atoms with Crippen LogP contribution in [0.5, 0.6) is 0 Å².